The highest BCUT2D eigenvalue weighted by molar-refractivity contribution is 5.00. The Hall–Kier alpha value is -1.12. The van der Waals surface area contributed by atoms with Crippen LogP contribution >= 0.6 is 0 Å². The van der Waals surface area contributed by atoms with Crippen LogP contribution in [-0.4, -0.2) is 11.3 Å². The molecule has 1 atom stereocenters. The van der Waals surface area contributed by atoms with E-state index in [1.165, 1.54) is 0 Å². The number of hydrogen-bond donors (Lipinski definition) is 2. The molecule has 0 fully saturated rings. The lowest BCUT2D eigenvalue weighted by atomic mass is 10.3. The number of unbranched alkanes of at least 4 members (excludes halogenated alkanes) is 1. The summed E-state index contributed by atoms with van der Waals surface area (Å²) in [5.74, 6) is 5.22. The third-order valence-electron chi connectivity index (χ3n) is 0.764. The maximum atomic E-state index is 8.65. The predicted octanol–water partition coefficient (Wildman–Crippen LogP) is 0.289. The molecular weight excluding hydrogens is 126 g/mol. The molecule has 0 rings (SSSR count). The first-order chi connectivity index (χ1) is 4.77. The van der Waals surface area contributed by atoms with Gasteiger partial charge in [0, 0.05) is 18.9 Å². The Morgan fingerprint density at radius 3 is 2.80 bits per heavy atom. The smallest absolute Gasteiger partial charge is 0.128 e. The standard InChI is InChI=1S/C8H11NO/c1-3-4-5-6-7-9-8(2)10/h1,8-10H,4-5H2,2H3. The third kappa shape index (κ3) is 6.88. The molecule has 0 saturated carbocycles. The summed E-state index contributed by atoms with van der Waals surface area (Å²) in [5.41, 5.74) is 0. The highest BCUT2D eigenvalue weighted by Crippen LogP contribution is 1.80. The van der Waals surface area contributed by atoms with Gasteiger partial charge in [0.15, 0.2) is 0 Å². The Bertz CT molecular complexity index is 168. The van der Waals surface area contributed by atoms with Gasteiger partial charge in [-0.25, -0.2) is 0 Å². The summed E-state index contributed by atoms with van der Waals surface area (Å²) in [4.78, 5) is 0. The van der Waals surface area contributed by atoms with Gasteiger partial charge in [-0.3, -0.25) is 0 Å². The normalized spacial score (nSPS) is 10.5. The second-order valence-electron chi connectivity index (χ2n) is 1.83. The molecule has 0 aliphatic heterocycles. The van der Waals surface area contributed by atoms with Crippen LogP contribution in [-0.2, 0) is 0 Å². The van der Waals surface area contributed by atoms with E-state index < -0.39 is 6.23 Å². The van der Waals surface area contributed by atoms with Crippen molar-refractivity contribution >= 4 is 0 Å². The third-order valence-corrected chi connectivity index (χ3v) is 0.764. The van der Waals surface area contributed by atoms with Crippen LogP contribution in [0.2, 0.25) is 0 Å². The van der Waals surface area contributed by atoms with E-state index in [-0.39, 0.29) is 0 Å². The second-order valence-corrected chi connectivity index (χ2v) is 1.83. The first-order valence-corrected chi connectivity index (χ1v) is 3.12. The Morgan fingerprint density at radius 2 is 2.30 bits per heavy atom. The molecule has 0 aromatic rings. The van der Waals surface area contributed by atoms with Gasteiger partial charge in [-0.1, -0.05) is 5.92 Å². The molecule has 0 aromatic carbocycles. The zero-order chi connectivity index (χ0) is 7.82. The van der Waals surface area contributed by atoms with Gasteiger partial charge in [-0.15, -0.1) is 12.3 Å². The summed E-state index contributed by atoms with van der Waals surface area (Å²) < 4.78 is 0. The number of hydrogen-bond acceptors (Lipinski definition) is 2. The molecule has 10 heavy (non-hydrogen) atoms. The summed E-state index contributed by atoms with van der Waals surface area (Å²) in [5, 5.41) is 11.2. The average molecular weight is 137 g/mol. The first kappa shape index (κ1) is 8.88. The van der Waals surface area contributed by atoms with E-state index in [2.05, 4.69) is 23.2 Å². The monoisotopic (exact) mass is 137 g/mol. The maximum absolute atomic E-state index is 8.65. The molecule has 0 saturated heterocycles. The minimum atomic E-state index is -0.571. The summed E-state index contributed by atoms with van der Waals surface area (Å²) >= 11 is 0. The maximum Gasteiger partial charge on any atom is 0.128 e. The van der Waals surface area contributed by atoms with Crippen molar-refractivity contribution in [2.75, 3.05) is 0 Å². The van der Waals surface area contributed by atoms with E-state index >= 15 is 0 Å². The van der Waals surface area contributed by atoms with E-state index in [0.29, 0.717) is 12.8 Å². The van der Waals surface area contributed by atoms with Crippen LogP contribution < -0.4 is 5.32 Å². The van der Waals surface area contributed by atoms with Crippen LogP contribution in [0.4, 0.5) is 0 Å². The van der Waals surface area contributed by atoms with Gasteiger partial charge in [0.2, 0.25) is 0 Å². The lowest BCUT2D eigenvalue weighted by Gasteiger charge is -1.97. The van der Waals surface area contributed by atoms with Crippen LogP contribution in [0.1, 0.15) is 19.8 Å². The van der Waals surface area contributed by atoms with Crippen molar-refractivity contribution < 1.29 is 5.11 Å². The molecule has 2 heteroatoms. The van der Waals surface area contributed by atoms with Crippen molar-refractivity contribution in [1.29, 1.82) is 0 Å². The van der Waals surface area contributed by atoms with E-state index in [0.717, 1.165) is 0 Å². The van der Waals surface area contributed by atoms with Crippen LogP contribution in [0.3, 0.4) is 0 Å². The van der Waals surface area contributed by atoms with E-state index in [9.17, 15) is 0 Å². The van der Waals surface area contributed by atoms with Crippen LogP contribution in [0.15, 0.2) is 0 Å². The van der Waals surface area contributed by atoms with E-state index in [1.807, 2.05) is 0 Å². The Balaban J connectivity index is 3.25. The number of aliphatic hydroxyl groups excluding tert-OH is 1. The van der Waals surface area contributed by atoms with Gasteiger partial charge in [-0.2, -0.15) is 0 Å². The Labute approximate surface area is 61.6 Å². The fraction of sp³-hybridized carbons (Fsp3) is 0.500. The molecule has 2 nitrogen and oxygen atoms in total. The molecule has 0 spiro atoms. The molecule has 0 aliphatic rings. The van der Waals surface area contributed by atoms with Crippen molar-refractivity contribution in [1.82, 2.24) is 5.32 Å². The zero-order valence-corrected chi connectivity index (χ0v) is 6.02. The van der Waals surface area contributed by atoms with Gasteiger partial charge in [-0.05, 0) is 6.92 Å². The largest absolute Gasteiger partial charge is 0.374 e. The summed E-state index contributed by atoms with van der Waals surface area (Å²) in [6, 6.07) is 2.57. The lowest BCUT2D eigenvalue weighted by Crippen LogP contribution is -2.19. The van der Waals surface area contributed by atoms with Crippen LogP contribution in [0, 0.1) is 24.3 Å². The van der Waals surface area contributed by atoms with Crippen LogP contribution in [0.25, 0.3) is 0 Å². The molecule has 1 unspecified atom stereocenters. The SMILES string of the molecule is C#CCCC#CNC(C)O. The van der Waals surface area contributed by atoms with Gasteiger partial charge in [0.05, 0.1) is 0 Å². The molecular formula is C8H11NO. The molecule has 0 aromatic heterocycles. The Kier molecular flexibility index (Phi) is 5.33. The molecule has 54 valence electrons. The van der Waals surface area contributed by atoms with Crippen molar-refractivity contribution in [3.8, 4) is 24.3 Å². The lowest BCUT2D eigenvalue weighted by molar-refractivity contribution is 0.177. The summed E-state index contributed by atoms with van der Waals surface area (Å²) in [6.07, 6.45) is 5.75. The van der Waals surface area contributed by atoms with Gasteiger partial charge in [0.25, 0.3) is 0 Å². The van der Waals surface area contributed by atoms with E-state index in [1.54, 1.807) is 6.92 Å². The second kappa shape index (κ2) is 6.01. The highest BCUT2D eigenvalue weighted by Gasteiger charge is 1.82. The molecule has 0 heterocycles. The minimum Gasteiger partial charge on any atom is -0.374 e. The van der Waals surface area contributed by atoms with Crippen molar-refractivity contribution in [2.24, 2.45) is 0 Å². The van der Waals surface area contributed by atoms with Gasteiger partial charge >= 0.3 is 0 Å². The predicted molar refractivity (Wildman–Crippen MR) is 40.7 cm³/mol. The minimum absolute atomic E-state index is 0.571. The van der Waals surface area contributed by atoms with Crippen molar-refractivity contribution in [2.45, 2.75) is 26.0 Å². The number of nitrogens with one attached hydrogen (secondary N) is 1. The van der Waals surface area contributed by atoms with Crippen molar-refractivity contribution in [3.05, 3.63) is 0 Å². The average Bonchev–Trinajstić information content (AvgIpc) is 1.87. The Morgan fingerprint density at radius 1 is 1.60 bits per heavy atom. The molecule has 0 radical (unpaired) electrons. The number of terminal acetylenes is 1. The highest BCUT2D eigenvalue weighted by atomic mass is 16.3. The molecule has 0 bridgehead atoms. The zero-order valence-electron chi connectivity index (χ0n) is 6.02. The molecule has 0 aliphatic carbocycles. The number of rotatable bonds is 2. The van der Waals surface area contributed by atoms with E-state index in [4.69, 9.17) is 11.5 Å². The summed E-state index contributed by atoms with van der Waals surface area (Å²) in [6.45, 7) is 1.61. The van der Waals surface area contributed by atoms with Crippen molar-refractivity contribution in [3.63, 3.8) is 0 Å². The molecule has 0 amide bonds. The quantitative estimate of drug-likeness (QED) is 0.248. The van der Waals surface area contributed by atoms with Gasteiger partial charge in [0.1, 0.15) is 6.23 Å². The van der Waals surface area contributed by atoms with Gasteiger partial charge < -0.3 is 10.4 Å². The topological polar surface area (TPSA) is 32.3 Å². The summed E-state index contributed by atoms with van der Waals surface area (Å²) in [7, 11) is 0. The fourth-order valence-corrected chi connectivity index (χ4v) is 0.353. The molecule has 2 N–H and O–H groups in total. The first-order valence-electron chi connectivity index (χ1n) is 3.12. The van der Waals surface area contributed by atoms with Crippen LogP contribution in [0.5, 0.6) is 0 Å². The fourth-order valence-electron chi connectivity index (χ4n) is 0.353. The number of aliphatic hydroxyl groups is 1.